The van der Waals surface area contributed by atoms with Gasteiger partial charge in [-0.2, -0.15) is 0 Å². The van der Waals surface area contributed by atoms with Crippen molar-refractivity contribution in [3.63, 3.8) is 0 Å². The van der Waals surface area contributed by atoms with Gasteiger partial charge in [-0.25, -0.2) is 0 Å². The highest BCUT2D eigenvalue weighted by Crippen LogP contribution is 2.20. The summed E-state index contributed by atoms with van der Waals surface area (Å²) >= 11 is 3.11. The second kappa shape index (κ2) is 5.00. The Morgan fingerprint density at radius 3 is 2.76 bits per heavy atom. The van der Waals surface area contributed by atoms with Crippen LogP contribution >= 0.6 is 15.9 Å². The zero-order chi connectivity index (χ0) is 12.4. The number of aliphatic hydroxyl groups is 2. The fraction of sp³-hybridized carbons (Fsp3) is 0.250. The topological polar surface area (TPSA) is 73.3 Å². The van der Waals surface area contributed by atoms with E-state index >= 15 is 0 Å². The Morgan fingerprint density at radius 2 is 2.06 bits per heavy atom. The molecule has 90 valence electrons. The first-order chi connectivity index (χ1) is 8.13. The number of nitrogens with one attached hydrogen (secondary N) is 1. The average molecular weight is 298 g/mol. The number of pyridine rings is 1. The zero-order valence-electron chi connectivity index (χ0n) is 8.93. The fourth-order valence-corrected chi connectivity index (χ4v) is 2.04. The third kappa shape index (κ3) is 2.41. The molecule has 0 radical (unpaired) electrons. The van der Waals surface area contributed by atoms with E-state index in [0.717, 1.165) is 0 Å². The molecule has 4 nitrogen and oxygen atoms in total. The number of aliphatic hydroxyl groups excluding tert-OH is 2. The van der Waals surface area contributed by atoms with E-state index in [2.05, 4.69) is 20.9 Å². The van der Waals surface area contributed by atoms with E-state index in [0.29, 0.717) is 16.5 Å². The van der Waals surface area contributed by atoms with Crippen LogP contribution in [0, 0.1) is 0 Å². The molecule has 2 unspecified atom stereocenters. The number of rotatable bonds is 3. The molecule has 2 atom stereocenters. The van der Waals surface area contributed by atoms with Crippen molar-refractivity contribution in [1.29, 1.82) is 0 Å². The van der Waals surface area contributed by atoms with Gasteiger partial charge >= 0.3 is 0 Å². The smallest absolute Gasteiger partial charge is 0.189 e. The summed E-state index contributed by atoms with van der Waals surface area (Å²) in [6, 6.07) is 6.42. The molecule has 0 fully saturated rings. The standard InChI is InChI=1S/C12H12BrNO3/c13-6-11(16)12(17)7-1-2-8-9(5-7)14-4-3-10(8)15/h1-5,11-12,16-17H,6H2,(H,14,15). The molecule has 0 bridgehead atoms. The van der Waals surface area contributed by atoms with Crippen LogP contribution in [0.4, 0.5) is 0 Å². The Kier molecular flexibility index (Phi) is 3.61. The molecule has 1 aromatic carbocycles. The van der Waals surface area contributed by atoms with Crippen LogP contribution in [-0.4, -0.2) is 26.6 Å². The molecule has 1 aromatic heterocycles. The zero-order valence-corrected chi connectivity index (χ0v) is 10.5. The second-order valence-corrected chi connectivity index (χ2v) is 4.46. The Balaban J connectivity index is 2.48. The van der Waals surface area contributed by atoms with E-state index < -0.39 is 12.2 Å². The fourth-order valence-electron chi connectivity index (χ4n) is 1.68. The summed E-state index contributed by atoms with van der Waals surface area (Å²) in [5.41, 5.74) is 1.16. The molecule has 3 N–H and O–H groups in total. The van der Waals surface area contributed by atoms with E-state index in [1.807, 2.05) is 0 Å². The SMILES string of the molecule is O=c1cc[nH]c2cc(C(O)C(O)CBr)ccc12. The van der Waals surface area contributed by atoms with Crippen LogP contribution in [0.2, 0.25) is 0 Å². The van der Waals surface area contributed by atoms with Crippen molar-refractivity contribution < 1.29 is 10.2 Å². The van der Waals surface area contributed by atoms with Crippen LogP contribution in [0.3, 0.4) is 0 Å². The number of H-pyrrole nitrogens is 1. The lowest BCUT2D eigenvalue weighted by Gasteiger charge is -2.16. The number of alkyl halides is 1. The molecule has 2 aromatic rings. The minimum atomic E-state index is -0.970. The van der Waals surface area contributed by atoms with E-state index in [9.17, 15) is 15.0 Å². The van der Waals surface area contributed by atoms with Gasteiger partial charge < -0.3 is 15.2 Å². The minimum absolute atomic E-state index is 0.0687. The molecule has 0 saturated carbocycles. The van der Waals surface area contributed by atoms with Gasteiger partial charge in [0.05, 0.1) is 6.10 Å². The van der Waals surface area contributed by atoms with Crippen molar-refractivity contribution in [3.05, 3.63) is 46.2 Å². The van der Waals surface area contributed by atoms with Gasteiger partial charge in [0, 0.05) is 28.5 Å². The number of fused-ring (bicyclic) bond motifs is 1. The number of halogens is 1. The molecule has 0 aliphatic heterocycles. The summed E-state index contributed by atoms with van der Waals surface area (Å²) in [5, 5.41) is 20.2. The molecular formula is C12H12BrNO3. The molecule has 0 spiro atoms. The highest BCUT2D eigenvalue weighted by molar-refractivity contribution is 9.09. The highest BCUT2D eigenvalue weighted by atomic mass is 79.9. The molecule has 2 rings (SSSR count). The molecule has 1 heterocycles. The van der Waals surface area contributed by atoms with Gasteiger partial charge in [-0.15, -0.1) is 0 Å². The van der Waals surface area contributed by atoms with Gasteiger partial charge in [-0.05, 0) is 17.7 Å². The molecule has 0 aliphatic carbocycles. The largest absolute Gasteiger partial charge is 0.389 e. The van der Waals surface area contributed by atoms with Gasteiger partial charge in [0.2, 0.25) is 0 Å². The minimum Gasteiger partial charge on any atom is -0.389 e. The van der Waals surface area contributed by atoms with E-state index in [1.165, 1.54) is 6.07 Å². The molecular weight excluding hydrogens is 286 g/mol. The lowest BCUT2D eigenvalue weighted by atomic mass is 10.0. The summed E-state index contributed by atoms with van der Waals surface area (Å²) in [4.78, 5) is 14.4. The van der Waals surface area contributed by atoms with Gasteiger partial charge in [0.25, 0.3) is 0 Å². The lowest BCUT2D eigenvalue weighted by molar-refractivity contribution is 0.0343. The summed E-state index contributed by atoms with van der Waals surface area (Å²) in [6.45, 7) is 0. The van der Waals surface area contributed by atoms with Gasteiger partial charge in [0.1, 0.15) is 6.10 Å². The summed E-state index contributed by atoms with van der Waals surface area (Å²) < 4.78 is 0. The maximum Gasteiger partial charge on any atom is 0.189 e. The van der Waals surface area contributed by atoms with Crippen molar-refractivity contribution in [2.45, 2.75) is 12.2 Å². The van der Waals surface area contributed by atoms with Crippen molar-refractivity contribution >= 4 is 26.8 Å². The average Bonchev–Trinajstić information content (AvgIpc) is 2.37. The maximum atomic E-state index is 11.5. The maximum absolute atomic E-state index is 11.5. The predicted molar refractivity (Wildman–Crippen MR) is 69.3 cm³/mol. The Morgan fingerprint density at radius 1 is 1.29 bits per heavy atom. The van der Waals surface area contributed by atoms with Crippen molar-refractivity contribution in [2.75, 3.05) is 5.33 Å². The second-order valence-electron chi connectivity index (χ2n) is 3.81. The molecule has 17 heavy (non-hydrogen) atoms. The first-order valence-electron chi connectivity index (χ1n) is 5.17. The van der Waals surface area contributed by atoms with E-state index in [-0.39, 0.29) is 10.8 Å². The van der Waals surface area contributed by atoms with Crippen molar-refractivity contribution in [3.8, 4) is 0 Å². The number of aromatic nitrogens is 1. The van der Waals surface area contributed by atoms with Crippen LogP contribution in [0.1, 0.15) is 11.7 Å². The Bertz CT molecular complexity index is 581. The van der Waals surface area contributed by atoms with Crippen LogP contribution in [0.25, 0.3) is 10.9 Å². The third-order valence-corrected chi connectivity index (χ3v) is 3.31. The molecule has 0 amide bonds. The monoisotopic (exact) mass is 297 g/mol. The summed E-state index contributed by atoms with van der Waals surface area (Å²) in [7, 11) is 0. The van der Waals surface area contributed by atoms with Crippen molar-refractivity contribution in [2.24, 2.45) is 0 Å². The summed E-state index contributed by atoms with van der Waals surface area (Å²) in [5.74, 6) is 0. The van der Waals surface area contributed by atoms with Crippen LogP contribution < -0.4 is 5.43 Å². The summed E-state index contributed by atoms with van der Waals surface area (Å²) in [6.07, 6.45) is -0.285. The normalized spacial score (nSPS) is 14.8. The predicted octanol–water partition coefficient (Wildman–Crippen LogP) is 1.32. The van der Waals surface area contributed by atoms with Gasteiger partial charge in [0.15, 0.2) is 5.43 Å². The lowest BCUT2D eigenvalue weighted by Crippen LogP contribution is -2.19. The number of hydrogen-bond donors (Lipinski definition) is 3. The number of benzene rings is 1. The highest BCUT2D eigenvalue weighted by Gasteiger charge is 2.17. The van der Waals surface area contributed by atoms with Gasteiger partial charge in [-0.3, -0.25) is 4.79 Å². The Hall–Kier alpha value is -1.17. The first kappa shape index (κ1) is 12.3. The molecule has 0 aliphatic rings. The quantitative estimate of drug-likeness (QED) is 0.748. The number of hydrogen-bond acceptors (Lipinski definition) is 3. The van der Waals surface area contributed by atoms with Crippen molar-refractivity contribution in [1.82, 2.24) is 4.98 Å². The van der Waals surface area contributed by atoms with Crippen LogP contribution in [0.15, 0.2) is 35.3 Å². The van der Waals surface area contributed by atoms with Crippen LogP contribution in [0.5, 0.6) is 0 Å². The third-order valence-electron chi connectivity index (χ3n) is 2.65. The van der Waals surface area contributed by atoms with Crippen LogP contribution in [-0.2, 0) is 0 Å². The first-order valence-corrected chi connectivity index (χ1v) is 6.29. The number of aromatic amines is 1. The van der Waals surface area contributed by atoms with E-state index in [4.69, 9.17) is 0 Å². The Labute approximate surface area is 106 Å². The van der Waals surface area contributed by atoms with Gasteiger partial charge in [-0.1, -0.05) is 22.0 Å². The van der Waals surface area contributed by atoms with E-state index in [1.54, 1.807) is 24.4 Å². The molecule has 5 heteroatoms. The molecule has 0 saturated heterocycles.